The van der Waals surface area contributed by atoms with E-state index in [4.69, 9.17) is 10.2 Å². The second-order valence-electron chi connectivity index (χ2n) is 1.58. The van der Waals surface area contributed by atoms with Crippen molar-refractivity contribution < 1.29 is 53.8 Å². The molecule has 0 amide bonds. The first-order valence-electron chi connectivity index (χ1n) is 2.45. The molecule has 0 aliphatic rings. The molecule has 0 heterocycles. The van der Waals surface area contributed by atoms with Gasteiger partial charge in [0, 0.05) is 6.42 Å². The van der Waals surface area contributed by atoms with Crippen LogP contribution in [0.3, 0.4) is 0 Å². The maximum atomic E-state index is 10.0. The van der Waals surface area contributed by atoms with E-state index >= 15 is 0 Å². The fraction of sp³-hybridized carbons (Fsp3) is 1.00. The molecule has 0 radical (unpaired) electrons. The molecule has 0 unspecified atom stereocenters. The van der Waals surface area contributed by atoms with Crippen LogP contribution in [-0.2, 0) is 14.5 Å². The van der Waals surface area contributed by atoms with Gasteiger partial charge in [-0.1, -0.05) is 0 Å². The molecule has 6 nitrogen and oxygen atoms in total. The Balaban J connectivity index is -0.000000405. The van der Waals surface area contributed by atoms with Crippen molar-refractivity contribution in [3.63, 3.8) is 0 Å². The van der Waals surface area contributed by atoms with Crippen LogP contribution in [0.15, 0.2) is 0 Å². The van der Waals surface area contributed by atoms with Crippen molar-refractivity contribution in [2.24, 2.45) is 5.14 Å². The Morgan fingerprint density at radius 1 is 1.55 bits per heavy atom. The zero-order valence-corrected chi connectivity index (χ0v) is 8.91. The molecule has 0 rings (SSSR count). The molecule has 64 valence electrons. The third kappa shape index (κ3) is 13.7. The first kappa shape index (κ1) is 14.3. The van der Waals surface area contributed by atoms with Crippen molar-refractivity contribution in [2.45, 2.75) is 12.7 Å². The van der Waals surface area contributed by atoms with Gasteiger partial charge in [-0.3, -0.25) is 4.18 Å². The number of aliphatic hydroxyl groups is 2. The fourth-order valence-corrected chi connectivity index (χ4v) is 0.598. The summed E-state index contributed by atoms with van der Waals surface area (Å²) < 4.78 is 24.0. The third-order valence-corrected chi connectivity index (χ3v) is 1.12. The largest absolute Gasteiger partial charge is 1.00 e. The number of hydrogen-bond acceptors (Lipinski definition) is 5. The van der Waals surface area contributed by atoms with Crippen LogP contribution in [0.1, 0.15) is 7.85 Å². The smallest absolute Gasteiger partial charge is 1.00 e. The summed E-state index contributed by atoms with van der Waals surface area (Å²) >= 11 is 0. The Hall–Kier alpha value is 0.790. The van der Waals surface area contributed by atoms with Gasteiger partial charge in [-0.15, -0.1) is 0 Å². The normalized spacial score (nSPS) is 11.3. The SMILES string of the molecule is NS(=O)(=O)OCCC(O)O.[H-].[Na+]. The molecule has 0 atom stereocenters. The molecule has 0 bridgehead atoms. The predicted molar refractivity (Wildman–Crippen MR) is 33.0 cm³/mol. The summed E-state index contributed by atoms with van der Waals surface area (Å²) in [6, 6.07) is 0. The first-order valence-corrected chi connectivity index (χ1v) is 3.92. The Labute approximate surface area is 88.4 Å². The van der Waals surface area contributed by atoms with Crippen molar-refractivity contribution in [2.75, 3.05) is 6.61 Å². The number of hydrogen-bond donors (Lipinski definition) is 3. The molecule has 0 saturated heterocycles. The van der Waals surface area contributed by atoms with Crippen LogP contribution in [0.2, 0.25) is 0 Å². The van der Waals surface area contributed by atoms with Gasteiger partial charge < -0.3 is 11.6 Å². The van der Waals surface area contributed by atoms with Crippen LogP contribution >= 0.6 is 0 Å². The minimum Gasteiger partial charge on any atom is -1.00 e. The van der Waals surface area contributed by atoms with Crippen molar-refractivity contribution in [3.8, 4) is 0 Å². The monoisotopic (exact) mass is 195 g/mol. The summed E-state index contributed by atoms with van der Waals surface area (Å²) in [5.41, 5.74) is 0. The Kier molecular flexibility index (Phi) is 8.23. The second-order valence-corrected chi connectivity index (χ2v) is 2.81. The van der Waals surface area contributed by atoms with Gasteiger partial charge >= 0.3 is 39.9 Å². The van der Waals surface area contributed by atoms with E-state index < -0.39 is 16.6 Å². The van der Waals surface area contributed by atoms with E-state index in [2.05, 4.69) is 9.32 Å². The molecule has 0 aliphatic heterocycles. The molecule has 8 heteroatoms. The van der Waals surface area contributed by atoms with E-state index in [0.717, 1.165) is 0 Å². The van der Waals surface area contributed by atoms with E-state index in [0.29, 0.717) is 0 Å². The van der Waals surface area contributed by atoms with E-state index in [-0.39, 0.29) is 44.0 Å². The predicted octanol–water partition coefficient (Wildman–Crippen LogP) is -4.98. The fourth-order valence-electron chi connectivity index (χ4n) is 0.270. The third-order valence-electron chi connectivity index (χ3n) is 0.624. The zero-order valence-electron chi connectivity index (χ0n) is 7.10. The van der Waals surface area contributed by atoms with Gasteiger partial charge in [0.25, 0.3) is 0 Å². The van der Waals surface area contributed by atoms with Crippen LogP contribution in [0, 0.1) is 0 Å². The standard InChI is InChI=1S/C3H9NO5S.Na.H/c4-10(7,8)9-2-1-3(5)6;;/h3,5-6H,1-2H2,(H2,4,7,8);;/q;+1;-1. The Morgan fingerprint density at radius 2 is 2.00 bits per heavy atom. The average Bonchev–Trinajstić information content (AvgIpc) is 1.59. The Morgan fingerprint density at radius 3 is 2.27 bits per heavy atom. The Bertz CT molecular complexity index is 183. The number of nitrogens with two attached hydrogens (primary N) is 1. The number of rotatable bonds is 4. The van der Waals surface area contributed by atoms with Crippen molar-refractivity contribution >= 4 is 10.3 Å². The van der Waals surface area contributed by atoms with Crippen LogP contribution in [0.4, 0.5) is 0 Å². The number of aliphatic hydroxyl groups excluding tert-OH is 1. The summed E-state index contributed by atoms with van der Waals surface area (Å²) in [6.45, 7) is -0.323. The first-order chi connectivity index (χ1) is 4.42. The van der Waals surface area contributed by atoms with Gasteiger partial charge in [-0.2, -0.15) is 8.42 Å². The summed E-state index contributed by atoms with van der Waals surface area (Å²) in [6.07, 6.45) is -1.75. The minimum atomic E-state index is -3.94. The second kappa shape index (κ2) is 6.32. The molecule has 0 aromatic carbocycles. The minimum absolute atomic E-state index is 0. The van der Waals surface area contributed by atoms with Gasteiger partial charge in [-0.05, 0) is 0 Å². The van der Waals surface area contributed by atoms with Crippen LogP contribution in [0.25, 0.3) is 0 Å². The van der Waals surface area contributed by atoms with E-state index in [1.165, 1.54) is 0 Å². The van der Waals surface area contributed by atoms with Crippen molar-refractivity contribution in [3.05, 3.63) is 0 Å². The average molecular weight is 195 g/mol. The topological polar surface area (TPSA) is 110 Å². The maximum Gasteiger partial charge on any atom is 1.00 e. The van der Waals surface area contributed by atoms with Gasteiger partial charge in [0.2, 0.25) is 0 Å². The molecule has 0 aromatic heterocycles. The molecular weight excluding hydrogens is 185 g/mol. The van der Waals surface area contributed by atoms with Crippen molar-refractivity contribution in [1.82, 2.24) is 0 Å². The van der Waals surface area contributed by atoms with E-state index in [9.17, 15) is 8.42 Å². The van der Waals surface area contributed by atoms with Gasteiger partial charge in [0.05, 0.1) is 6.61 Å². The van der Waals surface area contributed by atoms with Crippen LogP contribution in [0.5, 0.6) is 0 Å². The van der Waals surface area contributed by atoms with Crippen LogP contribution in [-0.4, -0.2) is 31.5 Å². The van der Waals surface area contributed by atoms with E-state index in [1.807, 2.05) is 0 Å². The molecule has 0 aliphatic carbocycles. The quantitative estimate of drug-likeness (QED) is 0.307. The molecule has 11 heavy (non-hydrogen) atoms. The molecule has 0 fully saturated rings. The van der Waals surface area contributed by atoms with Gasteiger partial charge in [0.15, 0.2) is 6.29 Å². The summed E-state index contributed by atoms with van der Waals surface area (Å²) in [5, 5.41) is 20.8. The molecular formula is C3H10NNaO5S. The summed E-state index contributed by atoms with van der Waals surface area (Å²) in [4.78, 5) is 0. The molecule has 0 aromatic rings. The van der Waals surface area contributed by atoms with E-state index in [1.54, 1.807) is 0 Å². The summed E-state index contributed by atoms with van der Waals surface area (Å²) in [5.74, 6) is 0. The molecule has 0 saturated carbocycles. The maximum absolute atomic E-state index is 10.0. The van der Waals surface area contributed by atoms with Crippen LogP contribution < -0.4 is 34.7 Å². The molecule has 0 spiro atoms. The van der Waals surface area contributed by atoms with Gasteiger partial charge in [0.1, 0.15) is 0 Å². The van der Waals surface area contributed by atoms with Gasteiger partial charge in [-0.25, -0.2) is 5.14 Å². The van der Waals surface area contributed by atoms with Crippen molar-refractivity contribution in [1.29, 1.82) is 0 Å². The summed E-state index contributed by atoms with van der Waals surface area (Å²) in [7, 11) is -3.94. The zero-order chi connectivity index (χ0) is 8.20. The molecule has 4 N–H and O–H groups in total.